The van der Waals surface area contributed by atoms with Crippen LogP contribution in [0.3, 0.4) is 0 Å². The Kier molecular flexibility index (Phi) is 6.15. The van der Waals surface area contributed by atoms with Crippen LogP contribution in [0.15, 0.2) is 18.2 Å². The van der Waals surface area contributed by atoms with E-state index >= 15 is 0 Å². The zero-order valence-electron chi connectivity index (χ0n) is 18.8. The first-order valence-electron chi connectivity index (χ1n) is 9.66. The highest BCUT2D eigenvalue weighted by Gasteiger charge is 2.26. The van der Waals surface area contributed by atoms with E-state index in [9.17, 15) is 9.59 Å². The summed E-state index contributed by atoms with van der Waals surface area (Å²) in [5.74, 6) is 0.471. The number of carbonyl (C=O) groups excluding carboxylic acids is 2. The van der Waals surface area contributed by atoms with Gasteiger partial charge >= 0.3 is 12.2 Å². The predicted octanol–water partition coefficient (Wildman–Crippen LogP) is 5.01. The number of ether oxygens (including phenoxy) is 2. The number of amides is 1. The topological polar surface area (TPSA) is 85.7 Å². The molecule has 0 saturated carbocycles. The molecule has 0 radical (unpaired) electrons. The third kappa shape index (κ3) is 5.85. The summed E-state index contributed by atoms with van der Waals surface area (Å²) < 4.78 is 12.3. The van der Waals surface area contributed by atoms with Crippen molar-refractivity contribution in [3.05, 3.63) is 18.2 Å². The summed E-state index contributed by atoms with van der Waals surface area (Å²) in [6, 6.07) is 5.26. The first-order chi connectivity index (χ1) is 13.2. The molecule has 0 aliphatic rings. The van der Waals surface area contributed by atoms with E-state index in [1.807, 2.05) is 46.6 Å². The zero-order valence-corrected chi connectivity index (χ0v) is 18.8. The Morgan fingerprint density at radius 2 is 1.66 bits per heavy atom. The van der Waals surface area contributed by atoms with Crippen molar-refractivity contribution in [1.82, 2.24) is 9.55 Å². The van der Waals surface area contributed by atoms with Gasteiger partial charge in [0, 0.05) is 18.8 Å². The van der Waals surface area contributed by atoms with E-state index in [1.165, 1.54) is 4.57 Å². The van der Waals surface area contributed by atoms with E-state index in [2.05, 4.69) is 10.3 Å². The highest BCUT2D eigenvalue weighted by molar-refractivity contribution is 5.94. The van der Waals surface area contributed by atoms with E-state index in [1.54, 1.807) is 39.0 Å². The van der Waals surface area contributed by atoms with Crippen molar-refractivity contribution in [2.24, 2.45) is 0 Å². The lowest BCUT2D eigenvalue weighted by Crippen LogP contribution is -2.33. The van der Waals surface area contributed by atoms with E-state index < -0.39 is 23.4 Å². The Labute approximate surface area is 172 Å². The minimum absolute atomic E-state index is 0.118. The average molecular weight is 405 g/mol. The Bertz CT molecular complexity index is 904. The van der Waals surface area contributed by atoms with Gasteiger partial charge in [-0.25, -0.2) is 19.1 Å². The molecule has 8 heteroatoms. The van der Waals surface area contributed by atoms with Gasteiger partial charge in [0.2, 0.25) is 5.95 Å². The Morgan fingerprint density at radius 1 is 1.07 bits per heavy atom. The van der Waals surface area contributed by atoms with Gasteiger partial charge in [-0.05, 0) is 73.6 Å². The van der Waals surface area contributed by atoms with E-state index in [0.717, 1.165) is 0 Å². The van der Waals surface area contributed by atoms with Gasteiger partial charge in [-0.3, -0.25) is 5.32 Å². The third-order valence-corrected chi connectivity index (χ3v) is 3.95. The lowest BCUT2D eigenvalue weighted by Gasteiger charge is -2.25. The zero-order chi connectivity index (χ0) is 22.1. The number of hydrogen-bond acceptors (Lipinski definition) is 6. The number of hydrogen-bond donors (Lipinski definition) is 1. The normalized spacial score (nSPS) is 12.2. The highest BCUT2D eigenvalue weighted by Crippen LogP contribution is 2.27. The minimum Gasteiger partial charge on any atom is -0.444 e. The fourth-order valence-electron chi connectivity index (χ4n) is 2.52. The number of carbonyl (C=O) groups is 2. The van der Waals surface area contributed by atoms with Gasteiger partial charge in [0.05, 0.1) is 11.0 Å². The Morgan fingerprint density at radius 3 is 2.17 bits per heavy atom. The van der Waals surface area contributed by atoms with Crippen LogP contribution in [-0.2, 0) is 9.47 Å². The molecule has 1 heterocycles. The lowest BCUT2D eigenvalue weighted by atomic mass is 10.2. The lowest BCUT2D eigenvalue weighted by molar-refractivity contribution is 0.0544. The summed E-state index contributed by atoms with van der Waals surface area (Å²) in [6.07, 6.45) is -1.06. The van der Waals surface area contributed by atoms with Gasteiger partial charge in [-0.15, -0.1) is 0 Å². The number of aromatic nitrogens is 2. The van der Waals surface area contributed by atoms with Gasteiger partial charge in [-0.2, -0.15) is 0 Å². The standard InChI is InChI=1S/C21H32N4O4/c1-13(2)24(9)17-23-15-12-14(22-18(26)28-20(3,4)5)10-11-16(15)25(17)19(27)29-21(6,7)8/h10-13H,1-9H3,(H,22,26). The van der Waals surface area contributed by atoms with Crippen molar-refractivity contribution in [2.75, 3.05) is 17.3 Å². The van der Waals surface area contributed by atoms with Crippen LogP contribution >= 0.6 is 0 Å². The Hall–Kier alpha value is -2.77. The highest BCUT2D eigenvalue weighted by atomic mass is 16.6. The Balaban J connectivity index is 2.47. The summed E-state index contributed by atoms with van der Waals surface area (Å²) in [5, 5.41) is 2.70. The molecular formula is C21H32N4O4. The number of rotatable bonds is 3. The third-order valence-electron chi connectivity index (χ3n) is 3.95. The molecule has 2 aromatic rings. The van der Waals surface area contributed by atoms with Crippen LogP contribution in [0.5, 0.6) is 0 Å². The molecule has 8 nitrogen and oxygen atoms in total. The molecule has 0 unspecified atom stereocenters. The van der Waals surface area contributed by atoms with Gasteiger partial charge in [-0.1, -0.05) is 0 Å². The predicted molar refractivity (Wildman–Crippen MR) is 115 cm³/mol. The average Bonchev–Trinajstić information content (AvgIpc) is 2.88. The molecule has 1 amide bonds. The molecule has 0 atom stereocenters. The molecule has 1 aromatic carbocycles. The van der Waals surface area contributed by atoms with E-state index in [0.29, 0.717) is 22.7 Å². The number of imidazole rings is 1. The molecular weight excluding hydrogens is 372 g/mol. The summed E-state index contributed by atoms with van der Waals surface area (Å²) >= 11 is 0. The van der Waals surface area contributed by atoms with Crippen molar-refractivity contribution in [1.29, 1.82) is 0 Å². The second-order valence-electron chi connectivity index (χ2n) is 9.26. The van der Waals surface area contributed by atoms with E-state index in [4.69, 9.17) is 9.47 Å². The van der Waals surface area contributed by atoms with Gasteiger partial charge in [0.25, 0.3) is 0 Å². The van der Waals surface area contributed by atoms with Crippen molar-refractivity contribution in [3.8, 4) is 0 Å². The SMILES string of the molecule is CC(C)N(C)c1nc2cc(NC(=O)OC(C)(C)C)ccc2n1C(=O)OC(C)(C)C. The smallest absolute Gasteiger partial charge is 0.421 e. The van der Waals surface area contributed by atoms with Crippen LogP contribution in [0.4, 0.5) is 21.2 Å². The van der Waals surface area contributed by atoms with Gasteiger partial charge < -0.3 is 14.4 Å². The fourth-order valence-corrected chi connectivity index (χ4v) is 2.52. The quantitative estimate of drug-likeness (QED) is 0.774. The van der Waals surface area contributed by atoms with Crippen molar-refractivity contribution >= 4 is 34.9 Å². The van der Waals surface area contributed by atoms with Crippen molar-refractivity contribution in [3.63, 3.8) is 0 Å². The second-order valence-corrected chi connectivity index (χ2v) is 9.26. The second kappa shape index (κ2) is 7.93. The number of anilines is 2. The minimum atomic E-state index is -0.639. The van der Waals surface area contributed by atoms with Crippen molar-refractivity contribution in [2.45, 2.75) is 72.6 Å². The molecule has 1 N–H and O–H groups in total. The van der Waals surface area contributed by atoms with Crippen LogP contribution < -0.4 is 10.2 Å². The first kappa shape index (κ1) is 22.5. The van der Waals surface area contributed by atoms with Crippen LogP contribution in [0, 0.1) is 0 Å². The molecule has 1 aromatic heterocycles. The molecule has 2 rings (SSSR count). The number of nitrogens with one attached hydrogen (secondary N) is 1. The van der Waals surface area contributed by atoms with Crippen LogP contribution in [0.25, 0.3) is 11.0 Å². The maximum Gasteiger partial charge on any atom is 0.421 e. The molecule has 29 heavy (non-hydrogen) atoms. The monoisotopic (exact) mass is 404 g/mol. The van der Waals surface area contributed by atoms with Crippen molar-refractivity contribution < 1.29 is 19.1 Å². The first-order valence-corrected chi connectivity index (χ1v) is 9.66. The summed E-state index contributed by atoms with van der Waals surface area (Å²) in [6.45, 7) is 14.9. The number of benzene rings is 1. The number of nitrogens with zero attached hydrogens (tertiary/aromatic N) is 3. The number of fused-ring (bicyclic) bond motifs is 1. The summed E-state index contributed by atoms with van der Waals surface area (Å²) in [5.41, 5.74) is 0.446. The van der Waals surface area contributed by atoms with Crippen LogP contribution in [0.1, 0.15) is 55.4 Å². The summed E-state index contributed by atoms with van der Waals surface area (Å²) in [4.78, 5) is 31.5. The van der Waals surface area contributed by atoms with Crippen LogP contribution in [0.2, 0.25) is 0 Å². The maximum absolute atomic E-state index is 12.9. The largest absolute Gasteiger partial charge is 0.444 e. The molecule has 0 spiro atoms. The van der Waals surface area contributed by atoms with Gasteiger partial charge in [0.15, 0.2) is 0 Å². The summed E-state index contributed by atoms with van der Waals surface area (Å²) in [7, 11) is 1.87. The van der Waals surface area contributed by atoms with Crippen LogP contribution in [-0.4, -0.2) is 46.0 Å². The van der Waals surface area contributed by atoms with E-state index in [-0.39, 0.29) is 6.04 Å². The molecule has 0 aliphatic heterocycles. The molecule has 0 saturated heterocycles. The maximum atomic E-state index is 12.9. The molecule has 0 aliphatic carbocycles. The molecule has 0 bridgehead atoms. The van der Waals surface area contributed by atoms with Gasteiger partial charge in [0.1, 0.15) is 11.2 Å². The fraction of sp³-hybridized carbons (Fsp3) is 0.571. The molecule has 0 fully saturated rings. The molecule has 160 valence electrons.